The monoisotopic (exact) mass is 378 g/mol. The molecule has 2 aromatic carbocycles. The van der Waals surface area contributed by atoms with E-state index in [1.807, 2.05) is 42.5 Å². The lowest BCUT2D eigenvalue weighted by molar-refractivity contribution is 0.0789. The molecule has 0 spiro atoms. The van der Waals surface area contributed by atoms with Crippen molar-refractivity contribution in [3.63, 3.8) is 0 Å². The maximum Gasteiger partial charge on any atom is 0.261 e. The van der Waals surface area contributed by atoms with Gasteiger partial charge in [-0.2, -0.15) is 0 Å². The van der Waals surface area contributed by atoms with Gasteiger partial charge < -0.3 is 19.4 Å². The molecular weight excluding hydrogens is 356 g/mol. The highest BCUT2D eigenvalue weighted by Gasteiger charge is 2.31. The summed E-state index contributed by atoms with van der Waals surface area (Å²) in [6, 6.07) is 14.8. The number of aromatic nitrogens is 1. The number of amides is 1. The van der Waals surface area contributed by atoms with Crippen LogP contribution in [0, 0.1) is 0 Å². The van der Waals surface area contributed by atoms with Crippen LogP contribution < -0.4 is 15.0 Å². The van der Waals surface area contributed by atoms with Crippen LogP contribution in [0.5, 0.6) is 11.5 Å². The van der Waals surface area contributed by atoms with E-state index in [9.17, 15) is 9.59 Å². The van der Waals surface area contributed by atoms with Crippen molar-refractivity contribution in [1.82, 2.24) is 9.88 Å². The second kappa shape index (κ2) is 7.38. The van der Waals surface area contributed by atoms with Crippen LogP contribution in [0.15, 0.2) is 53.3 Å². The van der Waals surface area contributed by atoms with Crippen LogP contribution in [0.4, 0.5) is 0 Å². The highest BCUT2D eigenvalue weighted by molar-refractivity contribution is 5.97. The van der Waals surface area contributed by atoms with Gasteiger partial charge in [0.2, 0.25) is 0 Å². The van der Waals surface area contributed by atoms with Gasteiger partial charge in [0.1, 0.15) is 17.1 Å². The first-order valence-electron chi connectivity index (χ1n) is 9.24. The predicted octanol–water partition coefficient (Wildman–Crippen LogP) is 3.18. The highest BCUT2D eigenvalue weighted by atomic mass is 16.5. The molecule has 1 fully saturated rings. The van der Waals surface area contributed by atoms with Crippen LogP contribution in [-0.4, -0.2) is 43.1 Å². The molecule has 1 N–H and O–H groups in total. The van der Waals surface area contributed by atoms with Crippen LogP contribution in [0.25, 0.3) is 10.9 Å². The number of nitrogens with one attached hydrogen (secondary N) is 1. The van der Waals surface area contributed by atoms with Gasteiger partial charge in [0.05, 0.1) is 14.2 Å². The smallest absolute Gasteiger partial charge is 0.261 e. The van der Waals surface area contributed by atoms with Crippen LogP contribution in [0.1, 0.15) is 28.3 Å². The van der Waals surface area contributed by atoms with Gasteiger partial charge in [0, 0.05) is 30.1 Å². The Morgan fingerprint density at radius 1 is 1.11 bits per heavy atom. The molecule has 0 aliphatic carbocycles. The van der Waals surface area contributed by atoms with E-state index < -0.39 is 0 Å². The van der Waals surface area contributed by atoms with E-state index >= 15 is 0 Å². The third-order valence-electron chi connectivity index (χ3n) is 5.34. The lowest BCUT2D eigenvalue weighted by Gasteiger charge is -2.18. The summed E-state index contributed by atoms with van der Waals surface area (Å²) in [5.41, 5.74) is 1.57. The van der Waals surface area contributed by atoms with Gasteiger partial charge in [-0.1, -0.05) is 18.2 Å². The van der Waals surface area contributed by atoms with Gasteiger partial charge in [-0.25, -0.2) is 0 Å². The summed E-state index contributed by atoms with van der Waals surface area (Å²) < 4.78 is 10.8. The molecule has 3 aromatic rings. The second-order valence-electron chi connectivity index (χ2n) is 6.94. The van der Waals surface area contributed by atoms with Crippen LogP contribution in [-0.2, 0) is 0 Å². The zero-order valence-corrected chi connectivity index (χ0v) is 15.9. The van der Waals surface area contributed by atoms with Crippen LogP contribution in [0.2, 0.25) is 0 Å². The predicted molar refractivity (Wildman–Crippen MR) is 107 cm³/mol. The van der Waals surface area contributed by atoms with Crippen LogP contribution >= 0.6 is 0 Å². The molecule has 1 atom stereocenters. The number of ether oxygens (including phenoxy) is 2. The standard InChI is InChI=1S/C22H22N2O4/c1-27-16-7-8-20(28-2)17(12-16)15-9-10-24(13-15)22(26)18-11-14-5-3-4-6-19(14)23-21(18)25/h3-8,11-12,15H,9-10,13H2,1-2H3,(H,23,25)/t15-/m0/s1. The summed E-state index contributed by atoms with van der Waals surface area (Å²) in [5.74, 6) is 1.43. The molecule has 4 rings (SSSR count). The SMILES string of the molecule is COc1ccc(OC)c([C@H]2CCN(C(=O)c3cc4ccccc4[nH]c3=O)C2)c1. The molecule has 1 saturated heterocycles. The van der Waals surface area contributed by atoms with E-state index in [1.54, 1.807) is 25.2 Å². The van der Waals surface area contributed by atoms with Crippen molar-refractivity contribution in [3.8, 4) is 11.5 Å². The molecule has 1 aliphatic heterocycles. The Kier molecular flexibility index (Phi) is 4.77. The summed E-state index contributed by atoms with van der Waals surface area (Å²) in [6.07, 6.45) is 0.806. The molecule has 1 amide bonds. The summed E-state index contributed by atoms with van der Waals surface area (Å²) in [7, 11) is 3.26. The number of rotatable bonds is 4. The molecule has 6 nitrogen and oxygen atoms in total. The average Bonchev–Trinajstić information content (AvgIpc) is 3.22. The van der Waals surface area contributed by atoms with E-state index in [1.165, 1.54) is 0 Å². The fraction of sp³-hybridized carbons (Fsp3) is 0.273. The maximum absolute atomic E-state index is 13.0. The molecule has 0 unspecified atom stereocenters. The number of hydrogen-bond acceptors (Lipinski definition) is 4. The van der Waals surface area contributed by atoms with Crippen molar-refractivity contribution in [1.29, 1.82) is 0 Å². The van der Waals surface area contributed by atoms with Gasteiger partial charge in [-0.15, -0.1) is 0 Å². The Hall–Kier alpha value is -3.28. The fourth-order valence-electron chi connectivity index (χ4n) is 3.83. The Balaban J connectivity index is 1.60. The lowest BCUT2D eigenvalue weighted by atomic mass is 9.97. The molecule has 6 heteroatoms. The Morgan fingerprint density at radius 3 is 2.71 bits per heavy atom. The average molecular weight is 378 g/mol. The Bertz CT molecular complexity index is 1090. The van der Waals surface area contributed by atoms with Crippen LogP contribution in [0.3, 0.4) is 0 Å². The van der Waals surface area contributed by atoms with E-state index in [0.717, 1.165) is 34.4 Å². The molecule has 2 heterocycles. The number of H-pyrrole nitrogens is 1. The number of aromatic amines is 1. The van der Waals surface area contributed by atoms with Crippen molar-refractivity contribution >= 4 is 16.8 Å². The summed E-state index contributed by atoms with van der Waals surface area (Å²) in [4.78, 5) is 30.0. The minimum Gasteiger partial charge on any atom is -0.497 e. The van der Waals surface area contributed by atoms with Gasteiger partial charge in [-0.3, -0.25) is 9.59 Å². The number of methoxy groups -OCH3 is 2. The number of fused-ring (bicyclic) bond motifs is 1. The molecule has 0 radical (unpaired) electrons. The highest BCUT2D eigenvalue weighted by Crippen LogP contribution is 2.36. The number of benzene rings is 2. The van der Waals surface area contributed by atoms with Gasteiger partial charge >= 0.3 is 0 Å². The molecule has 1 aromatic heterocycles. The summed E-state index contributed by atoms with van der Waals surface area (Å²) in [5, 5.41) is 0.843. The van der Waals surface area contributed by atoms with Crippen molar-refractivity contribution in [2.24, 2.45) is 0 Å². The van der Waals surface area contributed by atoms with E-state index in [0.29, 0.717) is 13.1 Å². The molecular formula is C22H22N2O4. The van der Waals surface area contributed by atoms with E-state index in [-0.39, 0.29) is 22.9 Å². The van der Waals surface area contributed by atoms with E-state index in [4.69, 9.17) is 9.47 Å². The number of nitrogens with zero attached hydrogens (tertiary/aromatic N) is 1. The van der Waals surface area contributed by atoms with E-state index in [2.05, 4.69) is 4.98 Å². The normalized spacial score (nSPS) is 16.4. The molecule has 0 saturated carbocycles. The zero-order chi connectivity index (χ0) is 19.7. The first kappa shape index (κ1) is 18.1. The number of likely N-dealkylation sites (tertiary alicyclic amines) is 1. The van der Waals surface area contributed by atoms with Gasteiger partial charge in [0.25, 0.3) is 11.5 Å². The fourth-order valence-corrected chi connectivity index (χ4v) is 3.83. The lowest BCUT2D eigenvalue weighted by Crippen LogP contribution is -2.33. The molecule has 0 bridgehead atoms. The molecule has 1 aliphatic rings. The van der Waals surface area contributed by atoms with Crippen molar-refractivity contribution in [3.05, 3.63) is 70.0 Å². The van der Waals surface area contributed by atoms with Crippen molar-refractivity contribution < 1.29 is 14.3 Å². The topological polar surface area (TPSA) is 71.6 Å². The number of pyridine rings is 1. The summed E-state index contributed by atoms with van der Waals surface area (Å²) >= 11 is 0. The quantitative estimate of drug-likeness (QED) is 0.757. The maximum atomic E-state index is 13.0. The Morgan fingerprint density at radius 2 is 1.93 bits per heavy atom. The minimum atomic E-state index is -0.355. The minimum absolute atomic E-state index is 0.133. The largest absolute Gasteiger partial charge is 0.497 e. The van der Waals surface area contributed by atoms with Crippen molar-refractivity contribution in [2.45, 2.75) is 12.3 Å². The zero-order valence-electron chi connectivity index (χ0n) is 15.9. The number of para-hydroxylation sites is 1. The van der Waals surface area contributed by atoms with Gasteiger partial charge in [-0.05, 0) is 42.1 Å². The summed E-state index contributed by atoms with van der Waals surface area (Å²) in [6.45, 7) is 1.13. The number of hydrogen-bond donors (Lipinski definition) is 1. The number of carbonyl (C=O) groups is 1. The Labute approximate surface area is 162 Å². The molecule has 28 heavy (non-hydrogen) atoms. The first-order chi connectivity index (χ1) is 13.6. The third-order valence-corrected chi connectivity index (χ3v) is 5.34. The first-order valence-corrected chi connectivity index (χ1v) is 9.24. The second-order valence-corrected chi connectivity index (χ2v) is 6.94. The van der Waals surface area contributed by atoms with Crippen molar-refractivity contribution in [2.75, 3.05) is 27.3 Å². The third kappa shape index (κ3) is 3.22. The molecule has 144 valence electrons. The number of carbonyl (C=O) groups excluding carboxylic acids is 1. The van der Waals surface area contributed by atoms with Gasteiger partial charge in [0.15, 0.2) is 0 Å².